The molecular weight excluding hydrogens is 548 g/mol. The normalized spacial score (nSPS) is 12.7. The standard InChI is InChI=1S/C24H24N2O3.C6H8O7/c1-25(2)17-18-29-22-15-13-20(14-16-22)23(19-9-5-3-6-10-19)24(26(27)28)21-11-7-4-8-12-21;7-3(8)1-6(13,5(11)12)2-4(9)10/h3-16H,17-18H2,1-2H3;13H,1-2H2,(H,7,8)(H,9,10)(H,11,12)/b24-23-;. The molecule has 1 unspecified atom stereocenters. The van der Waals surface area contributed by atoms with Gasteiger partial charge in [-0.25, -0.2) is 4.79 Å². The molecule has 0 radical (unpaired) electrons. The Bertz CT molecular complexity index is 1370. The van der Waals surface area contributed by atoms with E-state index in [0.29, 0.717) is 17.7 Å². The average molecular weight is 581 g/mol. The number of nitrogens with one attached hydrogen (secondary N) is 1. The zero-order valence-electron chi connectivity index (χ0n) is 23.1. The Kier molecular flexibility index (Phi) is 12.3. The Balaban J connectivity index is 0.000000401. The highest BCUT2D eigenvalue weighted by molar-refractivity contribution is 5.95. The summed E-state index contributed by atoms with van der Waals surface area (Å²) in [6.07, 6.45) is -2.44. The second-order valence-electron chi connectivity index (χ2n) is 9.50. The number of carboxylic acids is 3. The van der Waals surface area contributed by atoms with Crippen molar-refractivity contribution in [3.05, 3.63) is 112 Å². The number of carboxylic acid groups (broad SMARTS) is 3. The first kappa shape index (κ1) is 33.1. The van der Waals surface area contributed by atoms with Gasteiger partial charge in [0.2, 0.25) is 0 Å². The Morgan fingerprint density at radius 2 is 1.33 bits per heavy atom. The lowest BCUT2D eigenvalue weighted by Crippen LogP contribution is -3.06. The van der Waals surface area contributed by atoms with Crippen LogP contribution in [-0.2, 0) is 14.4 Å². The fourth-order valence-corrected chi connectivity index (χ4v) is 3.78. The summed E-state index contributed by atoms with van der Waals surface area (Å²) >= 11 is 0. The van der Waals surface area contributed by atoms with E-state index < -0.39 is 36.4 Å². The van der Waals surface area contributed by atoms with Crippen molar-refractivity contribution in [1.29, 1.82) is 0 Å². The molecule has 222 valence electrons. The molecule has 3 rings (SSSR count). The van der Waals surface area contributed by atoms with Gasteiger partial charge in [-0.15, -0.1) is 0 Å². The van der Waals surface area contributed by atoms with E-state index >= 15 is 0 Å². The molecule has 0 aromatic heterocycles. The van der Waals surface area contributed by atoms with Crippen LogP contribution in [0.2, 0.25) is 0 Å². The lowest BCUT2D eigenvalue weighted by atomic mass is 9.93. The summed E-state index contributed by atoms with van der Waals surface area (Å²) < 4.78 is 5.78. The number of hydrogen-bond acceptors (Lipinski definition) is 8. The number of nitrogens with zero attached hydrogens (tertiary/aromatic N) is 1. The van der Waals surface area contributed by atoms with Gasteiger partial charge in [-0.05, 0) is 35.4 Å². The molecule has 12 nitrogen and oxygen atoms in total. The van der Waals surface area contributed by atoms with Crippen molar-refractivity contribution in [2.24, 2.45) is 0 Å². The summed E-state index contributed by atoms with van der Waals surface area (Å²) in [6.45, 7) is 1.52. The fourth-order valence-electron chi connectivity index (χ4n) is 3.78. The summed E-state index contributed by atoms with van der Waals surface area (Å²) in [7, 11) is 4.15. The number of carbonyl (C=O) groups is 3. The van der Waals surface area contributed by atoms with Gasteiger partial charge in [0.25, 0.3) is 5.70 Å². The van der Waals surface area contributed by atoms with E-state index in [1.54, 1.807) is 12.1 Å². The van der Waals surface area contributed by atoms with Crippen molar-refractivity contribution in [1.82, 2.24) is 0 Å². The minimum atomic E-state index is -2.80. The molecule has 0 saturated heterocycles. The maximum Gasteiger partial charge on any atom is 0.336 e. The molecule has 0 fully saturated rings. The number of benzene rings is 3. The Labute approximate surface area is 241 Å². The molecule has 1 atom stereocenters. The SMILES string of the molecule is C[NH+](C)CCOc1ccc(/C(=C(/c2ccccc2)[N+](=O)[O-])c2ccccc2)cc1.O=C([O-])CC(O)(CC(=O)O)C(=O)O. The largest absolute Gasteiger partial charge is 0.550 e. The van der Waals surface area contributed by atoms with Crippen molar-refractivity contribution >= 4 is 29.2 Å². The number of quaternary nitrogens is 1. The van der Waals surface area contributed by atoms with Gasteiger partial charge < -0.3 is 34.9 Å². The molecule has 0 amide bonds. The van der Waals surface area contributed by atoms with E-state index in [2.05, 4.69) is 14.1 Å². The molecule has 0 bridgehead atoms. The number of ether oxygens (including phenoxy) is 1. The topological polar surface area (TPSA) is 192 Å². The van der Waals surface area contributed by atoms with Crippen LogP contribution in [0.5, 0.6) is 5.75 Å². The van der Waals surface area contributed by atoms with Crippen LogP contribution in [0.1, 0.15) is 29.5 Å². The van der Waals surface area contributed by atoms with Crippen LogP contribution in [0.3, 0.4) is 0 Å². The minimum Gasteiger partial charge on any atom is -0.550 e. The van der Waals surface area contributed by atoms with Gasteiger partial charge >= 0.3 is 11.9 Å². The van der Waals surface area contributed by atoms with E-state index in [1.807, 2.05) is 72.8 Å². The van der Waals surface area contributed by atoms with E-state index in [-0.39, 0.29) is 10.6 Å². The highest BCUT2D eigenvalue weighted by Crippen LogP contribution is 2.33. The summed E-state index contributed by atoms with van der Waals surface area (Å²) in [4.78, 5) is 43.4. The Morgan fingerprint density at radius 3 is 1.76 bits per heavy atom. The third-order valence-corrected chi connectivity index (χ3v) is 5.82. The quantitative estimate of drug-likeness (QED) is 0.128. The van der Waals surface area contributed by atoms with Crippen LogP contribution in [0.4, 0.5) is 0 Å². The number of aliphatic hydroxyl groups is 1. The van der Waals surface area contributed by atoms with Crippen LogP contribution >= 0.6 is 0 Å². The third-order valence-electron chi connectivity index (χ3n) is 5.82. The minimum absolute atomic E-state index is 0.0849. The van der Waals surface area contributed by atoms with Crippen molar-refractivity contribution in [3.8, 4) is 5.75 Å². The van der Waals surface area contributed by atoms with Gasteiger partial charge in [-0.3, -0.25) is 14.9 Å². The molecular formula is C30H32N2O10. The van der Waals surface area contributed by atoms with E-state index in [0.717, 1.165) is 23.4 Å². The molecule has 3 aromatic carbocycles. The molecule has 0 aliphatic carbocycles. The Morgan fingerprint density at radius 1 is 0.833 bits per heavy atom. The average Bonchev–Trinajstić information content (AvgIpc) is 2.92. The first-order valence-electron chi connectivity index (χ1n) is 12.7. The predicted octanol–water partition coefficient (Wildman–Crippen LogP) is 0.820. The Hall–Kier alpha value is -5.07. The van der Waals surface area contributed by atoms with Crippen LogP contribution in [0, 0.1) is 10.1 Å². The number of carbonyl (C=O) groups excluding carboxylic acids is 1. The summed E-state index contributed by atoms with van der Waals surface area (Å²) in [5.74, 6) is -4.58. The number of aliphatic carboxylic acids is 3. The van der Waals surface area contributed by atoms with Crippen LogP contribution in [-0.4, -0.2) is 71.0 Å². The lowest BCUT2D eigenvalue weighted by Gasteiger charge is -2.21. The molecule has 3 aromatic rings. The predicted molar refractivity (Wildman–Crippen MR) is 150 cm³/mol. The maximum atomic E-state index is 12.1. The van der Waals surface area contributed by atoms with Gasteiger partial charge in [0.1, 0.15) is 18.9 Å². The zero-order valence-corrected chi connectivity index (χ0v) is 23.1. The highest BCUT2D eigenvalue weighted by atomic mass is 16.6. The van der Waals surface area contributed by atoms with Crippen LogP contribution < -0.4 is 14.7 Å². The van der Waals surface area contributed by atoms with Crippen molar-refractivity contribution in [2.45, 2.75) is 18.4 Å². The van der Waals surface area contributed by atoms with E-state index in [1.165, 1.54) is 4.90 Å². The number of rotatable bonds is 13. The second-order valence-corrected chi connectivity index (χ2v) is 9.50. The second kappa shape index (κ2) is 15.6. The van der Waals surface area contributed by atoms with Gasteiger partial charge in [0.15, 0.2) is 5.60 Å². The number of likely N-dealkylation sites (N-methyl/N-ethyl adjacent to an activating group) is 1. The molecule has 12 heteroatoms. The fraction of sp³-hybridized carbons (Fsp3) is 0.233. The van der Waals surface area contributed by atoms with E-state index in [9.17, 15) is 29.6 Å². The van der Waals surface area contributed by atoms with Crippen molar-refractivity contribution in [2.75, 3.05) is 27.2 Å². The molecule has 4 N–H and O–H groups in total. The van der Waals surface area contributed by atoms with Crippen molar-refractivity contribution in [3.63, 3.8) is 0 Å². The summed E-state index contributed by atoms with van der Waals surface area (Å²) in [5.41, 5.74) is 0.0219. The molecule has 0 aliphatic rings. The summed E-state index contributed by atoms with van der Waals surface area (Å²) in [5, 5.41) is 47.6. The monoisotopic (exact) mass is 580 g/mol. The zero-order chi connectivity index (χ0) is 31.3. The maximum absolute atomic E-state index is 12.1. The first-order valence-corrected chi connectivity index (χ1v) is 12.7. The van der Waals surface area contributed by atoms with Gasteiger partial charge in [0, 0.05) is 12.4 Å². The van der Waals surface area contributed by atoms with Gasteiger partial charge in [0.05, 0.1) is 36.6 Å². The van der Waals surface area contributed by atoms with Crippen LogP contribution in [0.15, 0.2) is 84.9 Å². The number of nitro groups is 1. The van der Waals surface area contributed by atoms with Gasteiger partial charge in [-0.1, -0.05) is 60.7 Å². The van der Waals surface area contributed by atoms with Crippen LogP contribution in [0.25, 0.3) is 11.3 Å². The molecule has 0 heterocycles. The third kappa shape index (κ3) is 10.2. The van der Waals surface area contributed by atoms with Crippen molar-refractivity contribution < 1.29 is 49.4 Å². The van der Waals surface area contributed by atoms with Gasteiger partial charge in [-0.2, -0.15) is 0 Å². The molecule has 42 heavy (non-hydrogen) atoms. The smallest absolute Gasteiger partial charge is 0.336 e. The summed E-state index contributed by atoms with van der Waals surface area (Å²) in [6, 6.07) is 26.0. The highest BCUT2D eigenvalue weighted by Gasteiger charge is 2.38. The number of hydrogen-bond donors (Lipinski definition) is 4. The molecule has 0 aliphatic heterocycles. The lowest BCUT2D eigenvalue weighted by molar-refractivity contribution is -0.858. The first-order chi connectivity index (χ1) is 19.8. The molecule has 0 saturated carbocycles. The molecule has 0 spiro atoms. The van der Waals surface area contributed by atoms with E-state index in [4.69, 9.17) is 20.1 Å².